The molecule has 0 aliphatic rings. The van der Waals surface area contributed by atoms with Crippen molar-refractivity contribution < 1.29 is 9.59 Å². The van der Waals surface area contributed by atoms with Gasteiger partial charge >= 0.3 is 0 Å². The van der Waals surface area contributed by atoms with Crippen LogP contribution in [0.1, 0.15) is 19.3 Å². The highest BCUT2D eigenvalue weighted by molar-refractivity contribution is 7.40. The number of carbonyl (C=O) groups is 2. The minimum Gasteiger partial charge on any atom is -0.397 e. The van der Waals surface area contributed by atoms with Gasteiger partial charge in [0, 0.05) is 0 Å². The van der Waals surface area contributed by atoms with Gasteiger partial charge in [0.15, 0.2) is 0 Å². The van der Waals surface area contributed by atoms with Crippen LogP contribution in [0.5, 0.6) is 0 Å². The van der Waals surface area contributed by atoms with Crippen molar-refractivity contribution in [3.05, 3.63) is 68.3 Å². The highest BCUT2D eigenvalue weighted by Gasteiger charge is 2.25. The number of benzene rings is 2. The molecule has 30 heavy (non-hydrogen) atoms. The Morgan fingerprint density at radius 1 is 0.733 bits per heavy atom. The molecule has 0 spiro atoms. The average Bonchev–Trinajstić information content (AvgIpc) is 3.22. The van der Waals surface area contributed by atoms with Gasteiger partial charge in [0.2, 0.25) is 0 Å². The summed E-state index contributed by atoms with van der Waals surface area (Å²) in [6.45, 7) is 0. The normalized spacial score (nSPS) is 10.9. The molecule has 0 saturated heterocycles. The van der Waals surface area contributed by atoms with Crippen molar-refractivity contribution >= 4 is 89.8 Å². The number of halogens is 2. The average molecular weight is 477 g/mol. The van der Waals surface area contributed by atoms with Crippen LogP contribution in [0.15, 0.2) is 48.5 Å². The number of rotatable bonds is 4. The SMILES string of the molecule is Nc1c(C(=O)Nc2ccccc2Cl)sc2sc(C(=O)Nc3ccccc3Cl)c(N)c12. The molecule has 0 bridgehead atoms. The topological polar surface area (TPSA) is 110 Å². The minimum absolute atomic E-state index is 0.227. The number of hydrogen-bond acceptors (Lipinski definition) is 6. The van der Waals surface area contributed by atoms with Crippen LogP contribution in [0, 0.1) is 0 Å². The Morgan fingerprint density at radius 2 is 1.13 bits per heavy atom. The van der Waals surface area contributed by atoms with Gasteiger partial charge in [-0.25, -0.2) is 0 Å². The van der Waals surface area contributed by atoms with E-state index < -0.39 is 11.8 Å². The molecule has 0 aliphatic carbocycles. The summed E-state index contributed by atoms with van der Waals surface area (Å²) in [6, 6.07) is 13.8. The summed E-state index contributed by atoms with van der Waals surface area (Å²) in [5.74, 6) is -0.786. The van der Waals surface area contributed by atoms with Crippen LogP contribution in [0.25, 0.3) is 9.40 Å². The van der Waals surface area contributed by atoms with E-state index in [4.69, 9.17) is 34.7 Å². The van der Waals surface area contributed by atoms with Gasteiger partial charge in [0.25, 0.3) is 11.8 Å². The molecule has 2 heterocycles. The minimum atomic E-state index is -0.393. The lowest BCUT2D eigenvalue weighted by Gasteiger charge is -2.07. The van der Waals surface area contributed by atoms with Crippen molar-refractivity contribution in [1.82, 2.24) is 0 Å². The van der Waals surface area contributed by atoms with E-state index in [9.17, 15) is 9.59 Å². The summed E-state index contributed by atoms with van der Waals surface area (Å²) in [5, 5.41) is 6.82. The van der Waals surface area contributed by atoms with E-state index in [1.807, 2.05) is 0 Å². The van der Waals surface area contributed by atoms with Crippen molar-refractivity contribution in [1.29, 1.82) is 0 Å². The van der Waals surface area contributed by atoms with Crippen LogP contribution in [-0.4, -0.2) is 11.8 Å². The first-order valence-electron chi connectivity index (χ1n) is 8.58. The molecule has 6 N–H and O–H groups in total. The molecule has 152 valence electrons. The zero-order valence-corrected chi connectivity index (χ0v) is 18.3. The predicted molar refractivity (Wildman–Crippen MR) is 127 cm³/mol. The lowest BCUT2D eigenvalue weighted by Crippen LogP contribution is -2.13. The highest BCUT2D eigenvalue weighted by Crippen LogP contribution is 2.45. The standard InChI is InChI=1S/C20H14Cl2N4O2S2/c21-9-5-1-3-7-11(9)25-18(27)16-14(23)13-15(24)17(30-20(13)29-16)19(28)26-12-8-4-2-6-10(12)22/h1-8H,23-24H2,(H,25,27)(H,26,28). The van der Waals surface area contributed by atoms with Crippen LogP contribution in [0.3, 0.4) is 0 Å². The number of hydrogen-bond donors (Lipinski definition) is 4. The van der Waals surface area contributed by atoms with Gasteiger partial charge in [-0.15, -0.1) is 22.7 Å². The summed E-state index contributed by atoms with van der Waals surface area (Å²) in [6.07, 6.45) is 0. The molecule has 0 atom stereocenters. The Morgan fingerprint density at radius 3 is 1.50 bits per heavy atom. The lowest BCUT2D eigenvalue weighted by molar-refractivity contribution is 0.102. The number of para-hydroxylation sites is 2. The molecule has 2 aromatic heterocycles. The van der Waals surface area contributed by atoms with E-state index in [1.54, 1.807) is 48.5 Å². The van der Waals surface area contributed by atoms with Crippen molar-refractivity contribution in [3.8, 4) is 0 Å². The van der Waals surface area contributed by atoms with Gasteiger partial charge in [-0.05, 0) is 24.3 Å². The second-order valence-electron chi connectivity index (χ2n) is 6.22. The largest absolute Gasteiger partial charge is 0.397 e. The van der Waals surface area contributed by atoms with Crippen LogP contribution < -0.4 is 22.1 Å². The number of amides is 2. The van der Waals surface area contributed by atoms with E-state index in [1.165, 1.54) is 22.7 Å². The number of nitrogens with two attached hydrogens (primary N) is 2. The predicted octanol–water partition coefficient (Wildman–Crippen LogP) is 5.94. The maximum Gasteiger partial charge on any atom is 0.267 e. The number of nitrogens with one attached hydrogen (secondary N) is 2. The van der Waals surface area contributed by atoms with E-state index in [2.05, 4.69) is 10.6 Å². The quantitative estimate of drug-likeness (QED) is 0.292. The van der Waals surface area contributed by atoms with Gasteiger partial charge in [-0.1, -0.05) is 47.5 Å². The Labute approximate surface area is 189 Å². The van der Waals surface area contributed by atoms with Gasteiger partial charge in [-0.3, -0.25) is 9.59 Å². The first-order valence-corrected chi connectivity index (χ1v) is 11.0. The number of thiophene rings is 2. The number of fused-ring (bicyclic) bond motifs is 1. The lowest BCUT2D eigenvalue weighted by atomic mass is 10.2. The zero-order chi connectivity index (χ0) is 21.4. The smallest absolute Gasteiger partial charge is 0.267 e. The summed E-state index contributed by atoms with van der Waals surface area (Å²) >= 11 is 14.5. The first-order chi connectivity index (χ1) is 14.4. The summed E-state index contributed by atoms with van der Waals surface area (Å²) in [7, 11) is 0. The molecule has 2 aromatic carbocycles. The summed E-state index contributed by atoms with van der Waals surface area (Å²) in [5.41, 5.74) is 13.8. The number of nitrogen functional groups attached to an aromatic ring is 2. The van der Waals surface area contributed by atoms with Crippen LogP contribution >= 0.6 is 45.9 Å². The molecule has 0 saturated carbocycles. The fourth-order valence-corrected chi connectivity index (χ4v) is 5.59. The maximum absolute atomic E-state index is 12.7. The van der Waals surface area contributed by atoms with Crippen molar-refractivity contribution in [2.24, 2.45) is 0 Å². The molecule has 10 heteroatoms. The van der Waals surface area contributed by atoms with Crippen LogP contribution in [0.2, 0.25) is 10.0 Å². The van der Waals surface area contributed by atoms with Crippen LogP contribution in [0.4, 0.5) is 22.7 Å². The van der Waals surface area contributed by atoms with Crippen molar-refractivity contribution in [3.63, 3.8) is 0 Å². The Bertz CT molecular complexity index is 1200. The highest BCUT2D eigenvalue weighted by atomic mass is 35.5. The Hall–Kier alpha value is -2.78. The fourth-order valence-electron chi connectivity index (χ4n) is 2.83. The molecule has 6 nitrogen and oxygen atoms in total. The second kappa shape index (κ2) is 8.16. The third kappa shape index (κ3) is 3.70. The third-order valence-corrected chi connectivity index (χ3v) is 7.44. The Balaban J connectivity index is 1.63. The molecule has 0 fully saturated rings. The van der Waals surface area contributed by atoms with Crippen molar-refractivity contribution in [2.45, 2.75) is 0 Å². The molecule has 0 aliphatic heterocycles. The summed E-state index contributed by atoms with van der Waals surface area (Å²) in [4.78, 5) is 26.0. The van der Waals surface area contributed by atoms with Crippen LogP contribution in [-0.2, 0) is 0 Å². The van der Waals surface area contributed by atoms with Gasteiger partial charge in [0.1, 0.15) is 9.75 Å². The van der Waals surface area contributed by atoms with E-state index >= 15 is 0 Å². The number of carbonyl (C=O) groups excluding carboxylic acids is 2. The van der Waals surface area contributed by atoms with Gasteiger partial charge in [-0.2, -0.15) is 0 Å². The van der Waals surface area contributed by atoms with E-state index in [0.29, 0.717) is 40.6 Å². The molecular formula is C20H14Cl2N4O2S2. The van der Waals surface area contributed by atoms with Gasteiger partial charge < -0.3 is 22.1 Å². The maximum atomic E-state index is 12.7. The molecule has 2 amide bonds. The molecular weight excluding hydrogens is 463 g/mol. The zero-order valence-electron chi connectivity index (χ0n) is 15.2. The third-order valence-electron chi connectivity index (χ3n) is 4.28. The first kappa shape index (κ1) is 20.5. The molecule has 4 rings (SSSR count). The summed E-state index contributed by atoms with van der Waals surface area (Å²) < 4.78 is 0.679. The molecule has 0 radical (unpaired) electrons. The number of anilines is 4. The Kier molecular flexibility index (Phi) is 5.57. The van der Waals surface area contributed by atoms with E-state index in [-0.39, 0.29) is 11.4 Å². The molecule has 0 unspecified atom stereocenters. The van der Waals surface area contributed by atoms with Crippen molar-refractivity contribution in [2.75, 3.05) is 22.1 Å². The van der Waals surface area contributed by atoms with E-state index in [0.717, 1.165) is 0 Å². The second-order valence-corrected chi connectivity index (χ2v) is 9.33. The molecule has 4 aromatic rings. The fraction of sp³-hybridized carbons (Fsp3) is 0. The van der Waals surface area contributed by atoms with Gasteiger partial charge in [0.05, 0.1) is 42.2 Å². The monoisotopic (exact) mass is 476 g/mol.